The molecule has 2 N–H and O–H groups in total. The normalized spacial score (nSPS) is 20.6. The number of carbonyl (C=O) groups excluding carboxylic acids is 1. The minimum atomic E-state index is 0.291. The summed E-state index contributed by atoms with van der Waals surface area (Å²) in [6.07, 6.45) is 3.96. The van der Waals surface area contributed by atoms with Gasteiger partial charge in [-0.2, -0.15) is 4.99 Å². The number of halogens is 1. The van der Waals surface area contributed by atoms with Crippen LogP contribution in [0.2, 0.25) is 5.02 Å². The highest BCUT2D eigenvalue weighted by Crippen LogP contribution is 2.39. The van der Waals surface area contributed by atoms with E-state index in [1.807, 2.05) is 31.2 Å². The number of hydrogen-bond donors (Lipinski definition) is 1. The minimum Gasteiger partial charge on any atom is -0.383 e. The lowest BCUT2D eigenvalue weighted by atomic mass is 9.78. The molecule has 7 heteroatoms. The van der Waals surface area contributed by atoms with Crippen LogP contribution in [-0.4, -0.2) is 55.5 Å². The molecule has 6 nitrogen and oxygen atoms in total. The monoisotopic (exact) mass is 390 g/mol. The Morgan fingerprint density at radius 1 is 1.37 bits per heavy atom. The first kappa shape index (κ1) is 19.7. The van der Waals surface area contributed by atoms with Gasteiger partial charge in [-0.05, 0) is 54.9 Å². The van der Waals surface area contributed by atoms with E-state index < -0.39 is 0 Å². The predicted molar refractivity (Wildman–Crippen MR) is 108 cm³/mol. The van der Waals surface area contributed by atoms with Crippen molar-refractivity contribution in [2.24, 2.45) is 16.1 Å². The fourth-order valence-corrected chi connectivity index (χ4v) is 3.90. The Bertz CT molecular complexity index is 746. The molecule has 0 saturated carbocycles. The van der Waals surface area contributed by atoms with Gasteiger partial charge < -0.3 is 15.4 Å². The van der Waals surface area contributed by atoms with Crippen LogP contribution in [0.1, 0.15) is 31.7 Å². The molecule has 2 fully saturated rings. The summed E-state index contributed by atoms with van der Waals surface area (Å²) < 4.78 is 5.60. The maximum Gasteiger partial charge on any atom is 0.216 e. The average molecular weight is 391 g/mol. The predicted octanol–water partition coefficient (Wildman–Crippen LogP) is 2.93. The standard InChI is InChI=1S/C20H27ClN4O2/c1-15(16-4-3-5-17(21)12-16)18(22)23-19(24(2)14-26)25-9-6-20(7-10-25)8-11-27-13-20/h3-5,12,14H,6-11,13,22H2,1-2H3/b18-15+,23-19+. The van der Waals surface area contributed by atoms with Crippen LogP contribution >= 0.6 is 11.6 Å². The lowest BCUT2D eigenvalue weighted by Crippen LogP contribution is -2.48. The van der Waals surface area contributed by atoms with Gasteiger partial charge in [-0.3, -0.25) is 9.69 Å². The second-order valence-electron chi connectivity index (χ2n) is 7.44. The summed E-state index contributed by atoms with van der Waals surface area (Å²) >= 11 is 6.08. The SMILES string of the molecule is C/C(=C(N)\N=C(/N(C)C=O)N1CCC2(CCOC2)CC1)c1cccc(Cl)c1. The molecule has 2 heterocycles. The zero-order valence-electron chi connectivity index (χ0n) is 15.9. The number of rotatable bonds is 3. The molecular formula is C20H27ClN4O2. The molecular weight excluding hydrogens is 364 g/mol. The van der Waals surface area contributed by atoms with E-state index in [0.29, 0.717) is 22.2 Å². The van der Waals surface area contributed by atoms with E-state index in [2.05, 4.69) is 9.89 Å². The first-order chi connectivity index (χ1) is 12.9. The topological polar surface area (TPSA) is 71.2 Å². The van der Waals surface area contributed by atoms with E-state index in [0.717, 1.165) is 63.1 Å². The first-order valence-electron chi connectivity index (χ1n) is 9.26. The van der Waals surface area contributed by atoms with Crippen molar-refractivity contribution in [2.75, 3.05) is 33.4 Å². The molecule has 27 heavy (non-hydrogen) atoms. The third-order valence-corrected chi connectivity index (χ3v) is 5.86. The second kappa shape index (κ2) is 8.31. The van der Waals surface area contributed by atoms with Crippen molar-refractivity contribution in [3.8, 4) is 0 Å². The molecule has 146 valence electrons. The van der Waals surface area contributed by atoms with Crippen LogP contribution in [-0.2, 0) is 9.53 Å². The van der Waals surface area contributed by atoms with Crippen LogP contribution in [0.5, 0.6) is 0 Å². The minimum absolute atomic E-state index is 0.291. The van der Waals surface area contributed by atoms with Crippen LogP contribution < -0.4 is 5.73 Å². The van der Waals surface area contributed by atoms with Crippen LogP contribution in [0.3, 0.4) is 0 Å². The highest BCUT2D eigenvalue weighted by Gasteiger charge is 2.39. The molecule has 1 aromatic rings. The van der Waals surface area contributed by atoms with Crippen molar-refractivity contribution in [2.45, 2.75) is 26.2 Å². The molecule has 0 aromatic heterocycles. The summed E-state index contributed by atoms with van der Waals surface area (Å²) in [6.45, 7) is 5.27. The Balaban J connectivity index is 1.84. The van der Waals surface area contributed by atoms with Crippen LogP contribution in [0.15, 0.2) is 35.1 Å². The summed E-state index contributed by atoms with van der Waals surface area (Å²) in [5, 5.41) is 0.647. The second-order valence-corrected chi connectivity index (χ2v) is 7.87. The van der Waals surface area contributed by atoms with E-state index >= 15 is 0 Å². The third kappa shape index (κ3) is 4.45. The molecule has 3 rings (SSSR count). The van der Waals surface area contributed by atoms with E-state index in [9.17, 15) is 4.79 Å². The Hall–Kier alpha value is -2.05. The number of carbonyl (C=O) groups is 1. The quantitative estimate of drug-likeness (QED) is 0.489. The van der Waals surface area contributed by atoms with Crippen molar-refractivity contribution >= 4 is 29.5 Å². The number of nitrogens with two attached hydrogens (primary N) is 1. The number of hydrogen-bond acceptors (Lipinski definition) is 4. The van der Waals surface area contributed by atoms with Gasteiger partial charge >= 0.3 is 0 Å². The van der Waals surface area contributed by atoms with E-state index in [1.165, 1.54) is 4.90 Å². The van der Waals surface area contributed by atoms with Gasteiger partial charge in [0.2, 0.25) is 12.4 Å². The van der Waals surface area contributed by atoms with Gasteiger partial charge in [-0.1, -0.05) is 23.7 Å². The lowest BCUT2D eigenvalue weighted by Gasteiger charge is -2.40. The van der Waals surface area contributed by atoms with Crippen LogP contribution in [0.4, 0.5) is 0 Å². The molecule has 0 bridgehead atoms. The average Bonchev–Trinajstić information content (AvgIpc) is 3.13. The van der Waals surface area contributed by atoms with Crippen LogP contribution in [0, 0.1) is 5.41 Å². The highest BCUT2D eigenvalue weighted by molar-refractivity contribution is 6.30. The molecule has 1 aromatic carbocycles. The highest BCUT2D eigenvalue weighted by atomic mass is 35.5. The summed E-state index contributed by atoms with van der Waals surface area (Å²) in [7, 11) is 1.71. The van der Waals surface area contributed by atoms with Crippen molar-refractivity contribution in [1.29, 1.82) is 0 Å². The molecule has 0 atom stereocenters. The molecule has 1 spiro atoms. The summed E-state index contributed by atoms with van der Waals surface area (Å²) in [5.41, 5.74) is 8.31. The maximum absolute atomic E-state index is 11.4. The zero-order chi connectivity index (χ0) is 19.4. The van der Waals surface area contributed by atoms with Gasteiger partial charge in [0, 0.05) is 31.8 Å². The fraction of sp³-hybridized carbons (Fsp3) is 0.500. The molecule has 0 unspecified atom stereocenters. The Morgan fingerprint density at radius 3 is 2.70 bits per heavy atom. The Labute approximate surface area is 165 Å². The number of guanidine groups is 1. The van der Waals surface area contributed by atoms with E-state index in [1.54, 1.807) is 7.05 Å². The first-order valence-corrected chi connectivity index (χ1v) is 9.64. The number of benzene rings is 1. The molecule has 2 saturated heterocycles. The van der Waals surface area contributed by atoms with Crippen LogP contribution in [0.25, 0.3) is 5.57 Å². The van der Waals surface area contributed by atoms with Gasteiger partial charge in [0.15, 0.2) is 0 Å². The lowest BCUT2D eigenvalue weighted by molar-refractivity contribution is -0.114. The maximum atomic E-state index is 11.4. The van der Waals surface area contributed by atoms with Crippen molar-refractivity contribution < 1.29 is 9.53 Å². The van der Waals surface area contributed by atoms with Crippen molar-refractivity contribution in [3.63, 3.8) is 0 Å². The molecule has 2 aliphatic rings. The fourth-order valence-electron chi connectivity index (χ4n) is 3.71. The molecule has 0 radical (unpaired) electrons. The number of likely N-dealkylation sites (tertiary alicyclic amines) is 1. The van der Waals surface area contributed by atoms with Gasteiger partial charge in [-0.25, -0.2) is 0 Å². The summed E-state index contributed by atoms with van der Waals surface area (Å²) in [6, 6.07) is 7.49. The van der Waals surface area contributed by atoms with Gasteiger partial charge in [-0.15, -0.1) is 0 Å². The number of allylic oxidation sites excluding steroid dienone is 1. The van der Waals surface area contributed by atoms with E-state index in [-0.39, 0.29) is 0 Å². The third-order valence-electron chi connectivity index (χ3n) is 5.63. The number of piperidine rings is 1. The Kier molecular flexibility index (Phi) is 6.07. The summed E-state index contributed by atoms with van der Waals surface area (Å²) in [4.78, 5) is 19.7. The molecule has 0 aliphatic carbocycles. The molecule has 1 amide bonds. The van der Waals surface area contributed by atoms with E-state index in [4.69, 9.17) is 22.1 Å². The van der Waals surface area contributed by atoms with Gasteiger partial charge in [0.25, 0.3) is 0 Å². The van der Waals surface area contributed by atoms with Gasteiger partial charge in [0.05, 0.1) is 6.61 Å². The zero-order valence-corrected chi connectivity index (χ0v) is 16.7. The number of ether oxygens (including phenoxy) is 1. The van der Waals surface area contributed by atoms with Gasteiger partial charge in [0.1, 0.15) is 5.82 Å². The number of aliphatic imine (C=N–C) groups is 1. The van der Waals surface area contributed by atoms with Crippen molar-refractivity contribution in [3.05, 3.63) is 40.7 Å². The summed E-state index contributed by atoms with van der Waals surface area (Å²) in [5.74, 6) is 0.961. The van der Waals surface area contributed by atoms with Crippen molar-refractivity contribution in [1.82, 2.24) is 9.80 Å². The number of amides is 1. The largest absolute Gasteiger partial charge is 0.383 e. The molecule has 2 aliphatic heterocycles. The number of nitrogens with zero attached hydrogens (tertiary/aromatic N) is 3. The Morgan fingerprint density at radius 2 is 2.11 bits per heavy atom. The smallest absolute Gasteiger partial charge is 0.216 e.